The second-order valence-corrected chi connectivity index (χ2v) is 7.58. The van der Waals surface area contributed by atoms with Crippen LogP contribution in [0, 0.1) is 6.92 Å². The Labute approximate surface area is 129 Å². The second-order valence-electron chi connectivity index (χ2n) is 4.54. The van der Waals surface area contributed by atoms with Crippen LogP contribution < -0.4 is 14.8 Å². The maximum Gasteiger partial charge on any atom is 0.271 e. The molecule has 0 aliphatic rings. The van der Waals surface area contributed by atoms with Crippen molar-refractivity contribution in [3.63, 3.8) is 0 Å². The van der Waals surface area contributed by atoms with Crippen molar-refractivity contribution in [2.75, 3.05) is 18.9 Å². The van der Waals surface area contributed by atoms with E-state index in [2.05, 4.69) is 10.0 Å². The minimum absolute atomic E-state index is 0.320. The monoisotopic (exact) mass is 326 g/mol. The molecule has 2 aromatic rings. The van der Waals surface area contributed by atoms with E-state index in [0.29, 0.717) is 22.2 Å². The van der Waals surface area contributed by atoms with Gasteiger partial charge >= 0.3 is 0 Å². The van der Waals surface area contributed by atoms with E-state index in [1.807, 2.05) is 14.0 Å². The van der Waals surface area contributed by atoms with Crippen LogP contribution in [0.5, 0.6) is 5.75 Å². The minimum Gasteiger partial charge on any atom is -0.497 e. The summed E-state index contributed by atoms with van der Waals surface area (Å²) in [5.41, 5.74) is 1.49. The predicted molar refractivity (Wildman–Crippen MR) is 85.6 cm³/mol. The number of methoxy groups -OCH3 is 1. The molecule has 21 heavy (non-hydrogen) atoms. The first-order chi connectivity index (χ1) is 9.96. The van der Waals surface area contributed by atoms with Crippen molar-refractivity contribution in [3.8, 4) is 5.75 Å². The molecule has 0 bridgehead atoms. The van der Waals surface area contributed by atoms with Crippen LogP contribution in [-0.4, -0.2) is 22.6 Å². The van der Waals surface area contributed by atoms with Crippen LogP contribution >= 0.6 is 11.3 Å². The third-order valence-electron chi connectivity index (χ3n) is 2.94. The van der Waals surface area contributed by atoms with E-state index in [9.17, 15) is 8.42 Å². The Kier molecular flexibility index (Phi) is 4.87. The number of hydrogen-bond acceptors (Lipinski definition) is 5. The molecule has 0 unspecified atom stereocenters. The summed E-state index contributed by atoms with van der Waals surface area (Å²) in [6.07, 6.45) is 0. The highest BCUT2D eigenvalue weighted by Crippen LogP contribution is 2.28. The number of sulfonamides is 1. The zero-order valence-electron chi connectivity index (χ0n) is 12.1. The molecule has 0 fully saturated rings. The number of ether oxygens (including phenoxy) is 1. The average Bonchev–Trinajstić information content (AvgIpc) is 2.82. The van der Waals surface area contributed by atoms with Gasteiger partial charge in [0, 0.05) is 17.1 Å². The van der Waals surface area contributed by atoms with E-state index in [1.54, 1.807) is 37.4 Å². The summed E-state index contributed by atoms with van der Waals surface area (Å²) in [6.45, 7) is 2.57. The molecule has 0 spiro atoms. The van der Waals surface area contributed by atoms with E-state index < -0.39 is 10.0 Å². The molecule has 0 atom stereocenters. The van der Waals surface area contributed by atoms with Crippen molar-refractivity contribution in [2.45, 2.75) is 17.7 Å². The summed E-state index contributed by atoms with van der Waals surface area (Å²) in [4.78, 5) is 1.02. The van der Waals surface area contributed by atoms with E-state index >= 15 is 0 Å². The molecular weight excluding hydrogens is 308 g/mol. The summed E-state index contributed by atoms with van der Waals surface area (Å²) in [5, 5.41) is 3.03. The molecule has 0 saturated carbocycles. The molecule has 1 heterocycles. The maximum absolute atomic E-state index is 12.4. The van der Waals surface area contributed by atoms with Gasteiger partial charge in [-0.25, -0.2) is 8.42 Å². The van der Waals surface area contributed by atoms with E-state index in [4.69, 9.17) is 4.74 Å². The third kappa shape index (κ3) is 3.75. The van der Waals surface area contributed by atoms with Crippen molar-refractivity contribution in [1.29, 1.82) is 0 Å². The quantitative estimate of drug-likeness (QED) is 0.856. The Bertz CT molecular complexity index is 706. The standard InChI is InChI=1S/C14H18N2O3S2/c1-10-8-14(20-13(10)9-15-2)21(17,18)16-11-4-6-12(19-3)7-5-11/h4-8,15-16H,9H2,1-3H3. The zero-order chi connectivity index (χ0) is 15.5. The van der Waals surface area contributed by atoms with Crippen LogP contribution in [0.25, 0.3) is 0 Å². The molecule has 5 nitrogen and oxygen atoms in total. The van der Waals surface area contributed by atoms with E-state index in [1.165, 1.54) is 11.3 Å². The third-order valence-corrected chi connectivity index (χ3v) is 6.03. The van der Waals surface area contributed by atoms with Crippen LogP contribution in [0.3, 0.4) is 0 Å². The molecule has 2 rings (SSSR count). The number of thiophene rings is 1. The van der Waals surface area contributed by atoms with Crippen LogP contribution in [0.15, 0.2) is 34.5 Å². The number of rotatable bonds is 6. The van der Waals surface area contributed by atoms with Gasteiger partial charge in [-0.15, -0.1) is 11.3 Å². The highest BCUT2D eigenvalue weighted by Gasteiger charge is 2.18. The highest BCUT2D eigenvalue weighted by atomic mass is 32.2. The van der Waals surface area contributed by atoms with Crippen LogP contribution in [0.4, 0.5) is 5.69 Å². The van der Waals surface area contributed by atoms with Crippen molar-refractivity contribution in [2.24, 2.45) is 0 Å². The van der Waals surface area contributed by atoms with Gasteiger partial charge in [-0.2, -0.15) is 0 Å². The summed E-state index contributed by atoms with van der Waals surface area (Å²) in [7, 11) is -0.150. The molecule has 1 aromatic heterocycles. The van der Waals surface area contributed by atoms with Gasteiger partial charge in [0.05, 0.1) is 7.11 Å². The highest BCUT2D eigenvalue weighted by molar-refractivity contribution is 7.94. The molecule has 0 radical (unpaired) electrons. The van der Waals surface area contributed by atoms with Gasteiger partial charge in [0.1, 0.15) is 9.96 Å². The lowest BCUT2D eigenvalue weighted by Gasteiger charge is -2.07. The van der Waals surface area contributed by atoms with Gasteiger partial charge in [-0.05, 0) is 49.9 Å². The molecule has 2 N–H and O–H groups in total. The van der Waals surface area contributed by atoms with Gasteiger partial charge in [0.25, 0.3) is 10.0 Å². The number of benzene rings is 1. The minimum atomic E-state index is -3.55. The van der Waals surface area contributed by atoms with Gasteiger partial charge in [0.15, 0.2) is 0 Å². The summed E-state index contributed by atoms with van der Waals surface area (Å²) < 4.78 is 32.7. The molecule has 0 saturated heterocycles. The lowest BCUT2D eigenvalue weighted by atomic mass is 10.3. The fourth-order valence-electron chi connectivity index (χ4n) is 1.82. The normalized spacial score (nSPS) is 11.4. The van der Waals surface area contributed by atoms with E-state index in [-0.39, 0.29) is 0 Å². The number of hydrogen-bond donors (Lipinski definition) is 2. The maximum atomic E-state index is 12.4. The molecular formula is C14H18N2O3S2. The lowest BCUT2D eigenvalue weighted by molar-refractivity contribution is 0.415. The molecule has 114 valence electrons. The van der Waals surface area contributed by atoms with Gasteiger partial charge in [-0.3, -0.25) is 4.72 Å². The van der Waals surface area contributed by atoms with Gasteiger partial charge in [0.2, 0.25) is 0 Å². The number of anilines is 1. The van der Waals surface area contributed by atoms with Crippen molar-refractivity contribution < 1.29 is 13.2 Å². The first-order valence-corrected chi connectivity index (χ1v) is 8.67. The summed E-state index contributed by atoms with van der Waals surface area (Å²) in [5.74, 6) is 0.682. The number of nitrogens with one attached hydrogen (secondary N) is 2. The molecule has 0 aliphatic carbocycles. The second kappa shape index (κ2) is 6.46. The SMILES string of the molecule is CNCc1sc(S(=O)(=O)Nc2ccc(OC)cc2)cc1C. The summed E-state index contributed by atoms with van der Waals surface area (Å²) in [6, 6.07) is 8.47. The van der Waals surface area contributed by atoms with Gasteiger partial charge < -0.3 is 10.1 Å². The molecule has 0 amide bonds. The van der Waals surface area contributed by atoms with Crippen LogP contribution in [-0.2, 0) is 16.6 Å². The topological polar surface area (TPSA) is 67.4 Å². The Morgan fingerprint density at radius 3 is 2.48 bits per heavy atom. The average molecular weight is 326 g/mol. The first kappa shape index (κ1) is 15.8. The van der Waals surface area contributed by atoms with Crippen molar-refractivity contribution in [3.05, 3.63) is 40.8 Å². The van der Waals surface area contributed by atoms with Crippen molar-refractivity contribution >= 4 is 27.0 Å². The number of aryl methyl sites for hydroxylation is 1. The zero-order valence-corrected chi connectivity index (χ0v) is 13.8. The Morgan fingerprint density at radius 1 is 1.24 bits per heavy atom. The fraction of sp³-hybridized carbons (Fsp3) is 0.286. The molecule has 7 heteroatoms. The predicted octanol–water partition coefficient (Wildman–Crippen LogP) is 2.59. The molecule has 0 aliphatic heterocycles. The largest absolute Gasteiger partial charge is 0.497 e. The van der Waals surface area contributed by atoms with Crippen LogP contribution in [0.2, 0.25) is 0 Å². The summed E-state index contributed by atoms with van der Waals surface area (Å²) >= 11 is 1.28. The van der Waals surface area contributed by atoms with Crippen molar-refractivity contribution in [1.82, 2.24) is 5.32 Å². The van der Waals surface area contributed by atoms with E-state index in [0.717, 1.165) is 10.4 Å². The molecule has 1 aromatic carbocycles. The Hall–Kier alpha value is -1.57. The fourth-order valence-corrected chi connectivity index (χ4v) is 4.48. The van der Waals surface area contributed by atoms with Crippen LogP contribution in [0.1, 0.15) is 10.4 Å². The first-order valence-electron chi connectivity index (χ1n) is 6.37. The Morgan fingerprint density at radius 2 is 1.90 bits per heavy atom. The smallest absolute Gasteiger partial charge is 0.271 e. The lowest BCUT2D eigenvalue weighted by Crippen LogP contribution is -2.11. The van der Waals surface area contributed by atoms with Gasteiger partial charge in [-0.1, -0.05) is 0 Å². The Balaban J connectivity index is 2.22.